The fraction of sp³-hybridized carbons (Fsp3) is 0.364. The lowest BCUT2D eigenvalue weighted by molar-refractivity contribution is 0.0985. The van der Waals surface area contributed by atoms with Crippen molar-refractivity contribution in [1.82, 2.24) is 9.88 Å². The van der Waals surface area contributed by atoms with Gasteiger partial charge in [-0.15, -0.1) is 0 Å². The molecule has 2 aromatic carbocycles. The number of methoxy groups -OCH3 is 1. The zero-order valence-electron chi connectivity index (χ0n) is 17.2. The van der Waals surface area contributed by atoms with E-state index in [-0.39, 0.29) is 5.91 Å². The van der Waals surface area contributed by atoms with Crippen LogP contribution in [0.3, 0.4) is 0 Å². The van der Waals surface area contributed by atoms with E-state index in [2.05, 4.69) is 11.0 Å². The molecule has 0 aliphatic heterocycles. The van der Waals surface area contributed by atoms with Gasteiger partial charge in [0.1, 0.15) is 5.75 Å². The molecule has 0 fully saturated rings. The largest absolute Gasteiger partial charge is 0.497 e. The zero-order valence-corrected chi connectivity index (χ0v) is 18.0. The Hall–Kier alpha value is -2.44. The van der Waals surface area contributed by atoms with Crippen molar-refractivity contribution in [3.8, 4) is 5.75 Å². The molecule has 0 bridgehead atoms. The molecule has 1 amide bonds. The first kappa shape index (κ1) is 20.3. The minimum absolute atomic E-state index is 0.00211. The Morgan fingerprint density at radius 1 is 1.11 bits per heavy atom. The van der Waals surface area contributed by atoms with Crippen molar-refractivity contribution in [2.24, 2.45) is 0 Å². The van der Waals surface area contributed by atoms with E-state index in [0.717, 1.165) is 50.8 Å². The van der Waals surface area contributed by atoms with Gasteiger partial charge in [0.15, 0.2) is 5.13 Å². The molecule has 0 radical (unpaired) electrons. The zero-order chi connectivity index (χ0) is 20.3. The van der Waals surface area contributed by atoms with Crippen LogP contribution in [0.15, 0.2) is 36.4 Å². The van der Waals surface area contributed by atoms with Crippen LogP contribution in [0.1, 0.15) is 27.9 Å². The molecule has 0 saturated heterocycles. The van der Waals surface area contributed by atoms with Crippen LogP contribution in [0.25, 0.3) is 10.2 Å². The Balaban J connectivity index is 1.97. The van der Waals surface area contributed by atoms with Crippen LogP contribution in [-0.4, -0.2) is 50.1 Å². The predicted molar refractivity (Wildman–Crippen MR) is 117 cm³/mol. The second-order valence-corrected chi connectivity index (χ2v) is 8.27. The lowest BCUT2D eigenvalue weighted by Crippen LogP contribution is -2.33. The van der Waals surface area contributed by atoms with Gasteiger partial charge in [0.2, 0.25) is 0 Å². The van der Waals surface area contributed by atoms with Crippen LogP contribution in [0.4, 0.5) is 5.13 Å². The van der Waals surface area contributed by atoms with Gasteiger partial charge in [0.05, 0.1) is 17.3 Å². The fourth-order valence-electron chi connectivity index (χ4n) is 3.16. The summed E-state index contributed by atoms with van der Waals surface area (Å²) in [7, 11) is 5.74. The van der Waals surface area contributed by atoms with Gasteiger partial charge in [-0.05, 0) is 70.7 Å². The van der Waals surface area contributed by atoms with Crippen molar-refractivity contribution in [2.45, 2.75) is 20.3 Å². The highest BCUT2D eigenvalue weighted by atomic mass is 32.1. The van der Waals surface area contributed by atoms with Gasteiger partial charge < -0.3 is 9.64 Å². The molecule has 0 spiro atoms. The monoisotopic (exact) mass is 397 g/mol. The second kappa shape index (κ2) is 8.71. The van der Waals surface area contributed by atoms with E-state index in [1.54, 1.807) is 7.11 Å². The molecular weight excluding hydrogens is 370 g/mol. The molecule has 0 saturated carbocycles. The first-order valence-electron chi connectivity index (χ1n) is 9.37. The molecule has 28 heavy (non-hydrogen) atoms. The van der Waals surface area contributed by atoms with E-state index < -0.39 is 0 Å². The Labute approximate surface area is 170 Å². The van der Waals surface area contributed by atoms with E-state index in [4.69, 9.17) is 9.72 Å². The summed E-state index contributed by atoms with van der Waals surface area (Å²) in [5.41, 5.74) is 3.75. The maximum atomic E-state index is 13.4. The van der Waals surface area contributed by atoms with E-state index in [1.165, 1.54) is 11.3 Å². The van der Waals surface area contributed by atoms with E-state index in [0.29, 0.717) is 6.54 Å². The number of fused-ring (bicyclic) bond motifs is 1. The third kappa shape index (κ3) is 4.51. The Morgan fingerprint density at radius 3 is 2.57 bits per heavy atom. The smallest absolute Gasteiger partial charge is 0.260 e. The van der Waals surface area contributed by atoms with Gasteiger partial charge in [-0.25, -0.2) is 4.98 Å². The quantitative estimate of drug-likeness (QED) is 0.588. The van der Waals surface area contributed by atoms with Crippen molar-refractivity contribution in [3.05, 3.63) is 53.1 Å². The SMILES string of the molecule is COc1ccc2nc(N(CCCN(C)C)C(=O)c3ccc(C)cc3C)sc2c1. The standard InChI is InChI=1S/C22H27N3O2S/c1-15-7-9-18(16(2)13-15)21(26)25(12-6-11-24(3)4)22-23-19-10-8-17(27-5)14-20(19)28-22/h7-10,13-14H,6,11-12H2,1-5H3. The number of aromatic nitrogens is 1. The first-order valence-corrected chi connectivity index (χ1v) is 10.2. The van der Waals surface area contributed by atoms with Crippen LogP contribution in [0, 0.1) is 13.8 Å². The molecule has 0 aliphatic rings. The van der Waals surface area contributed by atoms with Gasteiger partial charge in [-0.1, -0.05) is 29.0 Å². The van der Waals surface area contributed by atoms with Crippen LogP contribution in [0.5, 0.6) is 5.75 Å². The number of anilines is 1. The average molecular weight is 398 g/mol. The van der Waals surface area contributed by atoms with E-state index in [9.17, 15) is 4.79 Å². The molecule has 5 nitrogen and oxygen atoms in total. The number of nitrogens with zero attached hydrogens (tertiary/aromatic N) is 3. The van der Waals surface area contributed by atoms with Crippen molar-refractivity contribution in [3.63, 3.8) is 0 Å². The third-order valence-corrected chi connectivity index (χ3v) is 5.70. The normalized spacial score (nSPS) is 11.2. The maximum absolute atomic E-state index is 13.4. The molecule has 148 valence electrons. The second-order valence-electron chi connectivity index (χ2n) is 7.26. The Kier molecular flexibility index (Phi) is 6.31. The summed E-state index contributed by atoms with van der Waals surface area (Å²) in [6, 6.07) is 11.8. The number of carbonyl (C=O) groups excluding carboxylic acids is 1. The number of aryl methyl sites for hydroxylation is 2. The van der Waals surface area contributed by atoms with Crippen LogP contribution < -0.4 is 9.64 Å². The van der Waals surface area contributed by atoms with Crippen molar-refractivity contribution >= 4 is 32.6 Å². The number of rotatable bonds is 7. The van der Waals surface area contributed by atoms with Gasteiger partial charge in [0, 0.05) is 12.1 Å². The molecule has 0 unspecified atom stereocenters. The maximum Gasteiger partial charge on any atom is 0.260 e. The van der Waals surface area contributed by atoms with Gasteiger partial charge in [0.25, 0.3) is 5.91 Å². The molecule has 6 heteroatoms. The number of amides is 1. The Bertz CT molecular complexity index is 981. The van der Waals surface area contributed by atoms with E-state index in [1.807, 2.05) is 63.2 Å². The summed E-state index contributed by atoms with van der Waals surface area (Å²) in [6.45, 7) is 5.56. The average Bonchev–Trinajstić information content (AvgIpc) is 3.07. The molecule has 0 N–H and O–H groups in total. The van der Waals surface area contributed by atoms with Crippen molar-refractivity contribution < 1.29 is 9.53 Å². The summed E-state index contributed by atoms with van der Waals surface area (Å²) in [5, 5.41) is 0.729. The summed E-state index contributed by atoms with van der Waals surface area (Å²) in [5.74, 6) is 0.796. The lowest BCUT2D eigenvalue weighted by atomic mass is 10.0. The number of thiazole rings is 1. The first-order chi connectivity index (χ1) is 13.4. The summed E-state index contributed by atoms with van der Waals surface area (Å²) >= 11 is 1.53. The van der Waals surface area contributed by atoms with Crippen molar-refractivity contribution in [1.29, 1.82) is 0 Å². The summed E-state index contributed by atoms with van der Waals surface area (Å²) in [6.07, 6.45) is 0.878. The van der Waals surface area contributed by atoms with Gasteiger partial charge in [-0.3, -0.25) is 9.69 Å². The number of carbonyl (C=O) groups is 1. The number of hydrogen-bond acceptors (Lipinski definition) is 5. The Morgan fingerprint density at radius 2 is 1.89 bits per heavy atom. The highest BCUT2D eigenvalue weighted by Gasteiger charge is 2.22. The van der Waals surface area contributed by atoms with E-state index >= 15 is 0 Å². The minimum Gasteiger partial charge on any atom is -0.497 e. The lowest BCUT2D eigenvalue weighted by Gasteiger charge is -2.22. The van der Waals surface area contributed by atoms with Crippen LogP contribution in [-0.2, 0) is 0 Å². The van der Waals surface area contributed by atoms with Gasteiger partial charge in [-0.2, -0.15) is 0 Å². The molecular formula is C22H27N3O2S. The summed E-state index contributed by atoms with van der Waals surface area (Å²) < 4.78 is 6.33. The number of hydrogen-bond donors (Lipinski definition) is 0. The summed E-state index contributed by atoms with van der Waals surface area (Å²) in [4.78, 5) is 22.1. The fourth-order valence-corrected chi connectivity index (χ4v) is 4.18. The topological polar surface area (TPSA) is 45.7 Å². The molecule has 3 aromatic rings. The molecule has 1 heterocycles. The number of benzene rings is 2. The molecule has 1 aromatic heterocycles. The molecule has 3 rings (SSSR count). The van der Waals surface area contributed by atoms with Crippen LogP contribution >= 0.6 is 11.3 Å². The highest BCUT2D eigenvalue weighted by Crippen LogP contribution is 2.32. The molecule has 0 aliphatic carbocycles. The highest BCUT2D eigenvalue weighted by molar-refractivity contribution is 7.22. The van der Waals surface area contributed by atoms with Crippen LogP contribution in [0.2, 0.25) is 0 Å². The third-order valence-electron chi connectivity index (χ3n) is 4.66. The molecule has 0 atom stereocenters. The number of ether oxygens (including phenoxy) is 1. The van der Waals surface area contributed by atoms with Crippen molar-refractivity contribution in [2.75, 3.05) is 39.2 Å². The van der Waals surface area contributed by atoms with Gasteiger partial charge >= 0.3 is 0 Å². The minimum atomic E-state index is 0.00211. The predicted octanol–water partition coefficient (Wildman–Crippen LogP) is 4.52.